The minimum absolute atomic E-state index is 0.460. The van der Waals surface area contributed by atoms with Gasteiger partial charge in [0, 0.05) is 12.6 Å². The summed E-state index contributed by atoms with van der Waals surface area (Å²) in [6.07, 6.45) is 2.41. The van der Waals surface area contributed by atoms with Gasteiger partial charge in [-0.1, -0.05) is 12.1 Å². The Bertz CT molecular complexity index is 434. The lowest BCUT2D eigenvalue weighted by Crippen LogP contribution is -2.40. The minimum atomic E-state index is 0.460. The summed E-state index contributed by atoms with van der Waals surface area (Å²) < 4.78 is 0. The van der Waals surface area contributed by atoms with E-state index < -0.39 is 0 Å². The van der Waals surface area contributed by atoms with Crippen LogP contribution >= 0.6 is 0 Å². The van der Waals surface area contributed by atoms with Crippen molar-refractivity contribution in [3.63, 3.8) is 0 Å². The van der Waals surface area contributed by atoms with E-state index in [0.29, 0.717) is 6.04 Å². The summed E-state index contributed by atoms with van der Waals surface area (Å²) in [5.41, 5.74) is 2.91. The van der Waals surface area contributed by atoms with Gasteiger partial charge < -0.3 is 10.2 Å². The molecule has 0 saturated carbocycles. The van der Waals surface area contributed by atoms with Gasteiger partial charge in [0.2, 0.25) is 0 Å². The highest BCUT2D eigenvalue weighted by Gasteiger charge is 2.18. The molecule has 0 spiro atoms. The zero-order chi connectivity index (χ0) is 12.3. The van der Waals surface area contributed by atoms with E-state index in [1.165, 1.54) is 19.4 Å². The van der Waals surface area contributed by atoms with Crippen LogP contribution in [0.25, 0.3) is 0 Å². The number of hydrogen-bond donors (Lipinski definition) is 1. The van der Waals surface area contributed by atoms with Crippen LogP contribution < -0.4 is 5.32 Å². The third-order valence-corrected chi connectivity index (χ3v) is 3.37. The van der Waals surface area contributed by atoms with Gasteiger partial charge >= 0.3 is 0 Å². The van der Waals surface area contributed by atoms with Crippen LogP contribution in [0.2, 0.25) is 0 Å². The van der Waals surface area contributed by atoms with Gasteiger partial charge in [0.05, 0.1) is 11.3 Å². The Balaban J connectivity index is 2.15. The molecular formula is C14H19N3. The SMILES string of the molecule is Cc1cccc(C#N)c1NC1CCCN(C)C1. The molecule has 0 aliphatic carbocycles. The van der Waals surface area contributed by atoms with Crippen LogP contribution in [0, 0.1) is 18.3 Å². The van der Waals surface area contributed by atoms with E-state index in [2.05, 4.69) is 36.3 Å². The van der Waals surface area contributed by atoms with Crippen molar-refractivity contribution in [3.8, 4) is 6.07 Å². The van der Waals surface area contributed by atoms with Crippen LogP contribution in [-0.4, -0.2) is 31.1 Å². The third kappa shape index (κ3) is 2.78. The van der Waals surface area contributed by atoms with Crippen LogP contribution in [0.4, 0.5) is 5.69 Å². The number of nitriles is 1. The molecule has 3 heteroatoms. The fraction of sp³-hybridized carbons (Fsp3) is 0.500. The monoisotopic (exact) mass is 229 g/mol. The van der Waals surface area contributed by atoms with Crippen LogP contribution in [0.3, 0.4) is 0 Å². The molecule has 90 valence electrons. The average Bonchev–Trinajstić information content (AvgIpc) is 2.32. The number of anilines is 1. The van der Waals surface area contributed by atoms with Gasteiger partial charge in [-0.05, 0) is 45.0 Å². The summed E-state index contributed by atoms with van der Waals surface area (Å²) >= 11 is 0. The number of nitrogens with one attached hydrogen (secondary N) is 1. The first-order valence-corrected chi connectivity index (χ1v) is 6.15. The lowest BCUT2D eigenvalue weighted by atomic mass is 10.0. The first kappa shape index (κ1) is 11.9. The van der Waals surface area contributed by atoms with Crippen molar-refractivity contribution in [1.82, 2.24) is 4.90 Å². The summed E-state index contributed by atoms with van der Waals surface area (Å²) in [5.74, 6) is 0. The first-order chi connectivity index (χ1) is 8.20. The Labute approximate surface area is 103 Å². The molecule has 1 saturated heterocycles. The number of para-hydroxylation sites is 1. The van der Waals surface area contributed by atoms with Gasteiger partial charge in [0.25, 0.3) is 0 Å². The van der Waals surface area contributed by atoms with Gasteiger partial charge in [-0.15, -0.1) is 0 Å². The predicted molar refractivity (Wildman–Crippen MR) is 70.0 cm³/mol. The molecule has 1 heterocycles. The molecule has 0 aromatic heterocycles. The summed E-state index contributed by atoms with van der Waals surface area (Å²) in [4.78, 5) is 2.34. The zero-order valence-electron chi connectivity index (χ0n) is 10.5. The molecule has 17 heavy (non-hydrogen) atoms. The van der Waals surface area contributed by atoms with E-state index in [1.54, 1.807) is 0 Å². The molecule has 1 aliphatic rings. The van der Waals surface area contributed by atoms with E-state index >= 15 is 0 Å². The molecule has 1 aliphatic heterocycles. The number of benzene rings is 1. The van der Waals surface area contributed by atoms with Gasteiger partial charge in [0.1, 0.15) is 6.07 Å². The molecule has 1 atom stereocenters. The van der Waals surface area contributed by atoms with Gasteiger partial charge in [-0.3, -0.25) is 0 Å². The molecular weight excluding hydrogens is 210 g/mol. The van der Waals surface area contributed by atoms with E-state index in [9.17, 15) is 0 Å². The molecule has 2 rings (SSSR count). The summed E-state index contributed by atoms with van der Waals surface area (Å²) in [7, 11) is 2.15. The zero-order valence-corrected chi connectivity index (χ0v) is 10.5. The second-order valence-corrected chi connectivity index (χ2v) is 4.86. The lowest BCUT2D eigenvalue weighted by Gasteiger charge is -2.31. The van der Waals surface area contributed by atoms with E-state index in [-0.39, 0.29) is 0 Å². The highest BCUT2D eigenvalue weighted by atomic mass is 15.1. The number of nitrogens with zero attached hydrogens (tertiary/aromatic N) is 2. The quantitative estimate of drug-likeness (QED) is 0.846. The normalized spacial score (nSPS) is 20.9. The van der Waals surface area contributed by atoms with Crippen LogP contribution in [0.15, 0.2) is 18.2 Å². The maximum absolute atomic E-state index is 9.12. The van der Waals surface area contributed by atoms with Gasteiger partial charge in [0.15, 0.2) is 0 Å². The molecule has 0 bridgehead atoms. The second-order valence-electron chi connectivity index (χ2n) is 4.86. The van der Waals surface area contributed by atoms with Gasteiger partial charge in [-0.25, -0.2) is 0 Å². The molecule has 1 unspecified atom stereocenters. The van der Waals surface area contributed by atoms with Crippen LogP contribution in [0.1, 0.15) is 24.0 Å². The number of likely N-dealkylation sites (N-methyl/N-ethyl adjacent to an activating group) is 1. The largest absolute Gasteiger partial charge is 0.380 e. The second kappa shape index (κ2) is 5.20. The van der Waals surface area contributed by atoms with E-state index in [0.717, 1.165) is 23.4 Å². The summed E-state index contributed by atoms with van der Waals surface area (Å²) in [6, 6.07) is 8.59. The Morgan fingerprint density at radius 2 is 2.29 bits per heavy atom. The highest BCUT2D eigenvalue weighted by Crippen LogP contribution is 2.22. The number of hydrogen-bond acceptors (Lipinski definition) is 3. The average molecular weight is 229 g/mol. The van der Waals surface area contributed by atoms with E-state index in [1.807, 2.05) is 12.1 Å². The molecule has 1 N–H and O–H groups in total. The van der Waals surface area contributed by atoms with Crippen molar-refractivity contribution in [2.75, 3.05) is 25.5 Å². The van der Waals surface area contributed by atoms with Crippen molar-refractivity contribution in [3.05, 3.63) is 29.3 Å². The van der Waals surface area contributed by atoms with Crippen molar-refractivity contribution in [2.45, 2.75) is 25.8 Å². The maximum atomic E-state index is 9.12. The fourth-order valence-corrected chi connectivity index (χ4v) is 2.44. The number of rotatable bonds is 2. The first-order valence-electron chi connectivity index (χ1n) is 6.15. The lowest BCUT2D eigenvalue weighted by molar-refractivity contribution is 0.261. The van der Waals surface area contributed by atoms with Crippen molar-refractivity contribution in [1.29, 1.82) is 5.26 Å². The maximum Gasteiger partial charge on any atom is 0.101 e. The molecule has 3 nitrogen and oxygen atoms in total. The number of aryl methyl sites for hydroxylation is 1. The molecule has 0 amide bonds. The molecule has 1 aromatic carbocycles. The summed E-state index contributed by atoms with van der Waals surface area (Å²) in [6.45, 7) is 4.28. The smallest absolute Gasteiger partial charge is 0.101 e. The number of piperidine rings is 1. The minimum Gasteiger partial charge on any atom is -0.380 e. The fourth-order valence-electron chi connectivity index (χ4n) is 2.44. The topological polar surface area (TPSA) is 39.1 Å². The Hall–Kier alpha value is -1.53. The summed E-state index contributed by atoms with van der Waals surface area (Å²) in [5, 5.41) is 12.7. The predicted octanol–water partition coefficient (Wildman–Crippen LogP) is 2.37. The Morgan fingerprint density at radius 1 is 1.47 bits per heavy atom. The molecule has 0 radical (unpaired) electrons. The highest BCUT2D eigenvalue weighted by molar-refractivity contribution is 5.62. The third-order valence-electron chi connectivity index (χ3n) is 3.37. The number of likely N-dealkylation sites (tertiary alicyclic amines) is 1. The molecule has 1 aromatic rings. The van der Waals surface area contributed by atoms with Crippen molar-refractivity contribution in [2.24, 2.45) is 0 Å². The van der Waals surface area contributed by atoms with Crippen LogP contribution in [0.5, 0.6) is 0 Å². The Morgan fingerprint density at radius 3 is 3.00 bits per heavy atom. The van der Waals surface area contributed by atoms with Crippen molar-refractivity contribution < 1.29 is 0 Å². The van der Waals surface area contributed by atoms with Crippen molar-refractivity contribution >= 4 is 5.69 Å². The standard InChI is InChI=1S/C14H19N3/c1-11-5-3-6-12(9-15)14(11)16-13-7-4-8-17(2)10-13/h3,5-6,13,16H,4,7-8,10H2,1-2H3. The van der Waals surface area contributed by atoms with Crippen LogP contribution in [-0.2, 0) is 0 Å². The van der Waals surface area contributed by atoms with Gasteiger partial charge in [-0.2, -0.15) is 5.26 Å². The Kier molecular flexibility index (Phi) is 3.65. The molecule has 1 fully saturated rings. The van der Waals surface area contributed by atoms with E-state index in [4.69, 9.17) is 5.26 Å².